The molecule has 0 aromatic heterocycles. The van der Waals surface area contributed by atoms with E-state index in [1.54, 1.807) is 0 Å². The summed E-state index contributed by atoms with van der Waals surface area (Å²) in [6.07, 6.45) is 2.71. The monoisotopic (exact) mass is 215 g/mol. The highest BCUT2D eigenvalue weighted by atomic mass is 16.7. The molecule has 15 heavy (non-hydrogen) atoms. The number of rotatable bonds is 5. The van der Waals surface area contributed by atoms with Crippen LogP contribution in [0.5, 0.6) is 0 Å². The molecule has 1 aliphatic rings. The van der Waals surface area contributed by atoms with Crippen LogP contribution in [0, 0.1) is 0 Å². The molecule has 0 aromatic rings. The van der Waals surface area contributed by atoms with Gasteiger partial charge >= 0.3 is 0 Å². The number of hydrogen-bond donors (Lipinski definition) is 0. The van der Waals surface area contributed by atoms with E-state index in [4.69, 9.17) is 9.47 Å². The van der Waals surface area contributed by atoms with Crippen LogP contribution < -0.4 is 0 Å². The molecule has 4 nitrogen and oxygen atoms in total. The highest BCUT2D eigenvalue weighted by Crippen LogP contribution is 2.11. The van der Waals surface area contributed by atoms with Crippen LogP contribution in [0.15, 0.2) is 0 Å². The normalized spacial score (nSPS) is 17.1. The Balaban J connectivity index is 2.45. The third-order valence-corrected chi connectivity index (χ3v) is 2.51. The van der Waals surface area contributed by atoms with Gasteiger partial charge in [0.15, 0.2) is 0 Å². The summed E-state index contributed by atoms with van der Waals surface area (Å²) in [5.74, 6) is -0.0154. The van der Waals surface area contributed by atoms with Crippen LogP contribution in [-0.2, 0) is 14.3 Å². The smallest absolute Gasteiger partial charge is 0.279 e. The summed E-state index contributed by atoms with van der Waals surface area (Å²) >= 11 is 0. The first-order chi connectivity index (χ1) is 7.29. The zero-order valence-corrected chi connectivity index (χ0v) is 9.70. The summed E-state index contributed by atoms with van der Waals surface area (Å²) in [6.45, 7) is 6.43. The SMILES string of the molecule is CCOC(OCC)C(=O)N1CCCCC1. The molecule has 1 amide bonds. The summed E-state index contributed by atoms with van der Waals surface area (Å²) in [5, 5.41) is 0. The van der Waals surface area contributed by atoms with Crippen LogP contribution in [0.3, 0.4) is 0 Å². The minimum Gasteiger partial charge on any atom is -0.345 e. The second kappa shape index (κ2) is 6.80. The van der Waals surface area contributed by atoms with Crippen LogP contribution in [0.2, 0.25) is 0 Å². The van der Waals surface area contributed by atoms with E-state index in [9.17, 15) is 4.79 Å². The molecular weight excluding hydrogens is 194 g/mol. The predicted molar refractivity (Wildman–Crippen MR) is 57.5 cm³/mol. The largest absolute Gasteiger partial charge is 0.345 e. The summed E-state index contributed by atoms with van der Waals surface area (Å²) in [7, 11) is 0. The topological polar surface area (TPSA) is 38.8 Å². The maximum atomic E-state index is 12.0. The molecule has 0 bridgehead atoms. The molecule has 4 heteroatoms. The standard InChI is InChI=1S/C11H21NO3/c1-3-14-11(15-4-2)10(13)12-8-6-5-7-9-12/h11H,3-9H2,1-2H3. The number of piperidine rings is 1. The highest BCUT2D eigenvalue weighted by molar-refractivity contribution is 5.79. The van der Waals surface area contributed by atoms with E-state index < -0.39 is 6.29 Å². The summed E-state index contributed by atoms with van der Waals surface area (Å²) in [4.78, 5) is 13.8. The molecule has 0 aromatic carbocycles. The maximum Gasteiger partial charge on any atom is 0.279 e. The molecule has 1 fully saturated rings. The average molecular weight is 215 g/mol. The van der Waals surface area contributed by atoms with Crippen molar-refractivity contribution in [2.45, 2.75) is 39.4 Å². The van der Waals surface area contributed by atoms with Gasteiger partial charge in [-0.15, -0.1) is 0 Å². The summed E-state index contributed by atoms with van der Waals surface area (Å²) in [6, 6.07) is 0. The zero-order chi connectivity index (χ0) is 11.1. The number of ether oxygens (including phenoxy) is 2. The second-order valence-corrected chi connectivity index (χ2v) is 3.63. The van der Waals surface area contributed by atoms with Gasteiger partial charge in [-0.2, -0.15) is 0 Å². The highest BCUT2D eigenvalue weighted by Gasteiger charge is 2.25. The molecule has 0 N–H and O–H groups in total. The first-order valence-electron chi connectivity index (χ1n) is 5.81. The molecule has 0 aliphatic carbocycles. The molecule has 0 atom stereocenters. The minimum absolute atomic E-state index is 0.0154. The third-order valence-electron chi connectivity index (χ3n) is 2.51. The molecular formula is C11H21NO3. The Morgan fingerprint density at radius 3 is 2.13 bits per heavy atom. The Kier molecular flexibility index (Phi) is 5.65. The molecule has 1 aliphatic heterocycles. The first kappa shape index (κ1) is 12.5. The maximum absolute atomic E-state index is 12.0. The lowest BCUT2D eigenvalue weighted by molar-refractivity contribution is -0.181. The number of carbonyl (C=O) groups is 1. The third kappa shape index (κ3) is 3.80. The van der Waals surface area contributed by atoms with Crippen molar-refractivity contribution in [3.63, 3.8) is 0 Å². The lowest BCUT2D eigenvalue weighted by Crippen LogP contribution is -2.44. The predicted octanol–water partition coefficient (Wildman–Crippen LogP) is 1.40. The van der Waals surface area contributed by atoms with Crippen LogP contribution in [0.25, 0.3) is 0 Å². The van der Waals surface area contributed by atoms with Crippen LogP contribution in [-0.4, -0.2) is 43.4 Å². The molecule has 1 saturated heterocycles. The van der Waals surface area contributed by atoms with Gasteiger partial charge in [0.25, 0.3) is 5.91 Å². The molecule has 88 valence electrons. The van der Waals surface area contributed by atoms with Crippen molar-refractivity contribution < 1.29 is 14.3 Å². The van der Waals surface area contributed by atoms with Crippen molar-refractivity contribution in [1.82, 2.24) is 4.90 Å². The van der Waals surface area contributed by atoms with Gasteiger partial charge in [0.05, 0.1) is 0 Å². The van der Waals surface area contributed by atoms with Crippen LogP contribution >= 0.6 is 0 Å². The van der Waals surface area contributed by atoms with Gasteiger partial charge in [0.2, 0.25) is 6.29 Å². The molecule has 1 rings (SSSR count). The van der Waals surface area contributed by atoms with E-state index >= 15 is 0 Å². The van der Waals surface area contributed by atoms with Gasteiger partial charge in [-0.05, 0) is 33.1 Å². The molecule has 0 saturated carbocycles. The molecule has 0 radical (unpaired) electrons. The van der Waals surface area contributed by atoms with Crippen molar-refractivity contribution in [3.05, 3.63) is 0 Å². The fraction of sp³-hybridized carbons (Fsp3) is 0.909. The minimum atomic E-state index is -0.696. The second-order valence-electron chi connectivity index (χ2n) is 3.63. The van der Waals surface area contributed by atoms with Gasteiger partial charge < -0.3 is 14.4 Å². The van der Waals surface area contributed by atoms with E-state index in [1.807, 2.05) is 18.7 Å². The van der Waals surface area contributed by atoms with Gasteiger partial charge in [0, 0.05) is 26.3 Å². The lowest BCUT2D eigenvalue weighted by Gasteiger charge is -2.29. The van der Waals surface area contributed by atoms with E-state index in [-0.39, 0.29) is 5.91 Å². The zero-order valence-electron chi connectivity index (χ0n) is 9.70. The van der Waals surface area contributed by atoms with Gasteiger partial charge in [-0.1, -0.05) is 0 Å². The number of carbonyl (C=O) groups excluding carboxylic acids is 1. The molecule has 1 heterocycles. The quantitative estimate of drug-likeness (QED) is 0.651. The molecule has 0 unspecified atom stereocenters. The lowest BCUT2D eigenvalue weighted by atomic mass is 10.1. The Bertz CT molecular complexity index is 184. The van der Waals surface area contributed by atoms with Gasteiger partial charge in [-0.25, -0.2) is 0 Å². The summed E-state index contributed by atoms with van der Waals surface area (Å²) in [5.41, 5.74) is 0. The first-order valence-corrected chi connectivity index (χ1v) is 5.81. The van der Waals surface area contributed by atoms with Gasteiger partial charge in [0.1, 0.15) is 0 Å². The average Bonchev–Trinajstić information content (AvgIpc) is 2.29. The Labute approximate surface area is 91.5 Å². The van der Waals surface area contributed by atoms with Gasteiger partial charge in [-0.3, -0.25) is 4.79 Å². The number of nitrogens with zero attached hydrogens (tertiary/aromatic N) is 1. The van der Waals surface area contributed by atoms with E-state index in [1.165, 1.54) is 6.42 Å². The fourth-order valence-corrected chi connectivity index (χ4v) is 1.76. The van der Waals surface area contributed by atoms with Crippen molar-refractivity contribution in [2.75, 3.05) is 26.3 Å². The van der Waals surface area contributed by atoms with Crippen molar-refractivity contribution in [2.24, 2.45) is 0 Å². The van der Waals surface area contributed by atoms with E-state index in [0.29, 0.717) is 13.2 Å². The Hall–Kier alpha value is -0.610. The number of likely N-dealkylation sites (tertiary alicyclic amines) is 1. The molecule has 0 spiro atoms. The van der Waals surface area contributed by atoms with Crippen molar-refractivity contribution in [1.29, 1.82) is 0 Å². The van der Waals surface area contributed by atoms with E-state index in [2.05, 4.69) is 0 Å². The summed E-state index contributed by atoms with van der Waals surface area (Å²) < 4.78 is 10.6. The fourth-order valence-electron chi connectivity index (χ4n) is 1.76. The van der Waals surface area contributed by atoms with E-state index in [0.717, 1.165) is 25.9 Å². The Morgan fingerprint density at radius 1 is 1.13 bits per heavy atom. The Morgan fingerprint density at radius 2 is 1.67 bits per heavy atom. The van der Waals surface area contributed by atoms with Crippen LogP contribution in [0.4, 0.5) is 0 Å². The van der Waals surface area contributed by atoms with Crippen LogP contribution in [0.1, 0.15) is 33.1 Å². The van der Waals surface area contributed by atoms with Crippen molar-refractivity contribution in [3.8, 4) is 0 Å². The number of hydrogen-bond acceptors (Lipinski definition) is 3. The van der Waals surface area contributed by atoms with Crippen molar-refractivity contribution >= 4 is 5.91 Å². The number of amides is 1.